The number of nitrogens with one attached hydrogen (secondary N) is 1. The van der Waals surface area contributed by atoms with Crippen molar-refractivity contribution in [3.8, 4) is 22.5 Å². The van der Waals surface area contributed by atoms with E-state index in [1.54, 1.807) is 31.2 Å². The summed E-state index contributed by atoms with van der Waals surface area (Å²) in [6.07, 6.45) is 0. The van der Waals surface area contributed by atoms with Crippen molar-refractivity contribution in [2.24, 2.45) is 0 Å². The predicted molar refractivity (Wildman–Crippen MR) is 86.2 cm³/mol. The monoisotopic (exact) mass is 329 g/mol. The number of hydrogen-bond acceptors (Lipinski definition) is 5. The molecule has 0 bridgehead atoms. The summed E-state index contributed by atoms with van der Waals surface area (Å²) in [5, 5.41) is 3.90. The normalized spacial score (nSPS) is 11.6. The summed E-state index contributed by atoms with van der Waals surface area (Å²) in [5.41, 5.74) is 2.69. The summed E-state index contributed by atoms with van der Waals surface area (Å²) < 4.78 is 30.8. The van der Waals surface area contributed by atoms with Crippen molar-refractivity contribution in [1.29, 1.82) is 0 Å². The zero-order valence-electron chi connectivity index (χ0n) is 12.6. The molecule has 1 aromatic heterocycles. The second-order valence-corrected chi connectivity index (χ2v) is 6.84. The van der Waals surface area contributed by atoms with Crippen LogP contribution in [-0.4, -0.2) is 25.6 Å². The van der Waals surface area contributed by atoms with E-state index in [9.17, 15) is 8.42 Å². The van der Waals surface area contributed by atoms with Gasteiger partial charge in [-0.05, 0) is 36.4 Å². The fourth-order valence-corrected chi connectivity index (χ4v) is 2.93. The van der Waals surface area contributed by atoms with E-state index in [4.69, 9.17) is 4.52 Å². The van der Waals surface area contributed by atoms with Crippen LogP contribution in [0.15, 0.2) is 57.9 Å². The Labute approximate surface area is 134 Å². The van der Waals surface area contributed by atoms with Crippen LogP contribution in [0.2, 0.25) is 0 Å². The van der Waals surface area contributed by atoms with Crippen LogP contribution < -0.4 is 4.72 Å². The summed E-state index contributed by atoms with van der Waals surface area (Å²) in [6, 6.07) is 14.4. The third-order valence-corrected chi connectivity index (χ3v) is 4.85. The molecule has 0 radical (unpaired) electrons. The Morgan fingerprint density at radius 3 is 2.30 bits per heavy atom. The molecule has 0 aliphatic rings. The van der Waals surface area contributed by atoms with Gasteiger partial charge in [-0.25, -0.2) is 13.1 Å². The van der Waals surface area contributed by atoms with Gasteiger partial charge in [0.2, 0.25) is 21.7 Å². The van der Waals surface area contributed by atoms with Gasteiger partial charge in [0.05, 0.1) is 4.90 Å². The van der Waals surface area contributed by atoms with Gasteiger partial charge in [0.1, 0.15) is 0 Å². The number of hydrogen-bond donors (Lipinski definition) is 1. The Morgan fingerprint density at radius 2 is 1.70 bits per heavy atom. The molecule has 0 amide bonds. The highest BCUT2D eigenvalue weighted by Gasteiger charge is 2.11. The van der Waals surface area contributed by atoms with Crippen LogP contribution in [0.3, 0.4) is 0 Å². The zero-order chi connectivity index (χ0) is 16.4. The van der Waals surface area contributed by atoms with E-state index in [1.807, 2.05) is 24.3 Å². The molecule has 1 N–H and O–H groups in total. The lowest BCUT2D eigenvalue weighted by molar-refractivity contribution is 0.394. The van der Waals surface area contributed by atoms with Crippen molar-refractivity contribution in [1.82, 2.24) is 14.9 Å². The molecule has 0 aliphatic heterocycles. The molecule has 3 aromatic rings. The van der Waals surface area contributed by atoms with Gasteiger partial charge < -0.3 is 4.52 Å². The Morgan fingerprint density at radius 1 is 1.00 bits per heavy atom. The van der Waals surface area contributed by atoms with Crippen molar-refractivity contribution in [2.45, 2.75) is 11.8 Å². The molecule has 7 heteroatoms. The Hall–Kier alpha value is -2.51. The zero-order valence-corrected chi connectivity index (χ0v) is 13.5. The number of benzene rings is 2. The third-order valence-electron chi connectivity index (χ3n) is 3.42. The van der Waals surface area contributed by atoms with Crippen LogP contribution in [0.25, 0.3) is 22.5 Å². The van der Waals surface area contributed by atoms with Crippen molar-refractivity contribution in [3.05, 3.63) is 54.4 Å². The van der Waals surface area contributed by atoms with Gasteiger partial charge in [-0.1, -0.05) is 35.5 Å². The first kappa shape index (κ1) is 15.4. The first-order valence-electron chi connectivity index (χ1n) is 6.94. The molecule has 0 unspecified atom stereocenters. The average molecular weight is 329 g/mol. The second kappa shape index (κ2) is 5.94. The maximum Gasteiger partial charge on any atom is 0.240 e. The van der Waals surface area contributed by atoms with Gasteiger partial charge in [-0.15, -0.1) is 0 Å². The van der Waals surface area contributed by atoms with Crippen LogP contribution in [0.4, 0.5) is 0 Å². The van der Waals surface area contributed by atoms with Gasteiger partial charge in [-0.3, -0.25) is 0 Å². The molecule has 118 valence electrons. The number of rotatable bonds is 4. The lowest BCUT2D eigenvalue weighted by Gasteiger charge is -2.06. The van der Waals surface area contributed by atoms with Crippen molar-refractivity contribution in [2.75, 3.05) is 7.05 Å². The fraction of sp³-hybridized carbons (Fsp3) is 0.125. The number of sulfonamides is 1. The van der Waals surface area contributed by atoms with E-state index in [0.717, 1.165) is 16.7 Å². The van der Waals surface area contributed by atoms with E-state index >= 15 is 0 Å². The third kappa shape index (κ3) is 3.15. The highest BCUT2D eigenvalue weighted by Crippen LogP contribution is 2.25. The maximum atomic E-state index is 11.8. The van der Waals surface area contributed by atoms with E-state index < -0.39 is 10.0 Å². The standard InChI is InChI=1S/C16H15N3O3S/c1-11-18-16(19-22-11)14-5-3-4-13(10-14)12-6-8-15(9-7-12)23(20,21)17-2/h3-10,17H,1-2H3. The topological polar surface area (TPSA) is 85.1 Å². The molecule has 1 heterocycles. The van der Waals surface area contributed by atoms with Crippen molar-refractivity contribution < 1.29 is 12.9 Å². The molecular formula is C16H15N3O3S. The first-order valence-corrected chi connectivity index (χ1v) is 8.42. The summed E-state index contributed by atoms with van der Waals surface area (Å²) in [5.74, 6) is 1.03. The van der Waals surface area contributed by atoms with Gasteiger partial charge in [-0.2, -0.15) is 4.98 Å². The highest BCUT2D eigenvalue weighted by atomic mass is 32.2. The minimum absolute atomic E-state index is 0.230. The quantitative estimate of drug-likeness (QED) is 0.795. The predicted octanol–water partition coefficient (Wildman–Crippen LogP) is 2.62. The lowest BCUT2D eigenvalue weighted by atomic mass is 10.0. The molecule has 3 rings (SSSR count). The van der Waals surface area contributed by atoms with Gasteiger partial charge in [0.25, 0.3) is 0 Å². The van der Waals surface area contributed by atoms with Crippen LogP contribution in [0, 0.1) is 6.92 Å². The first-order chi connectivity index (χ1) is 11.0. The van der Waals surface area contributed by atoms with Crippen molar-refractivity contribution >= 4 is 10.0 Å². The van der Waals surface area contributed by atoms with E-state index in [-0.39, 0.29) is 4.90 Å². The maximum absolute atomic E-state index is 11.8. The molecule has 0 saturated heterocycles. The molecule has 6 nitrogen and oxygen atoms in total. The minimum Gasteiger partial charge on any atom is -0.339 e. The number of nitrogens with zero attached hydrogens (tertiary/aromatic N) is 2. The van der Waals surface area contributed by atoms with E-state index in [0.29, 0.717) is 11.7 Å². The van der Waals surface area contributed by atoms with E-state index in [2.05, 4.69) is 14.9 Å². The molecule has 0 saturated carbocycles. The van der Waals surface area contributed by atoms with Crippen LogP contribution in [0.5, 0.6) is 0 Å². The second-order valence-electron chi connectivity index (χ2n) is 4.95. The smallest absolute Gasteiger partial charge is 0.240 e. The molecule has 0 atom stereocenters. The fourth-order valence-electron chi connectivity index (χ4n) is 2.20. The Bertz CT molecular complexity index is 931. The SMILES string of the molecule is CNS(=O)(=O)c1ccc(-c2cccc(-c3noc(C)n3)c2)cc1. The van der Waals surface area contributed by atoms with Crippen LogP contribution in [0.1, 0.15) is 5.89 Å². The molecule has 2 aromatic carbocycles. The molecular weight excluding hydrogens is 314 g/mol. The molecule has 0 aliphatic carbocycles. The lowest BCUT2D eigenvalue weighted by Crippen LogP contribution is -2.18. The van der Waals surface area contributed by atoms with E-state index in [1.165, 1.54) is 7.05 Å². The minimum atomic E-state index is -3.43. The summed E-state index contributed by atoms with van der Waals surface area (Å²) in [6.45, 7) is 1.74. The summed E-state index contributed by atoms with van der Waals surface area (Å²) in [4.78, 5) is 4.44. The van der Waals surface area contributed by atoms with Gasteiger partial charge in [0.15, 0.2) is 0 Å². The Kier molecular flexibility index (Phi) is 3.97. The average Bonchev–Trinajstić information content (AvgIpc) is 3.02. The summed E-state index contributed by atoms with van der Waals surface area (Å²) >= 11 is 0. The number of aromatic nitrogens is 2. The van der Waals surface area contributed by atoms with Crippen LogP contribution in [-0.2, 0) is 10.0 Å². The molecule has 23 heavy (non-hydrogen) atoms. The molecule has 0 spiro atoms. The Balaban J connectivity index is 1.96. The van der Waals surface area contributed by atoms with Crippen molar-refractivity contribution in [3.63, 3.8) is 0 Å². The number of aryl methyl sites for hydroxylation is 1. The summed E-state index contributed by atoms with van der Waals surface area (Å²) in [7, 11) is -2.04. The highest BCUT2D eigenvalue weighted by molar-refractivity contribution is 7.89. The largest absolute Gasteiger partial charge is 0.339 e. The van der Waals surface area contributed by atoms with Gasteiger partial charge in [0, 0.05) is 12.5 Å². The van der Waals surface area contributed by atoms with Gasteiger partial charge >= 0.3 is 0 Å². The molecule has 0 fully saturated rings. The van der Waals surface area contributed by atoms with Crippen LogP contribution >= 0.6 is 0 Å².